The molecule has 0 aromatic heterocycles. The summed E-state index contributed by atoms with van der Waals surface area (Å²) in [6.07, 6.45) is 14.9. The number of hydrogen-bond donors (Lipinski definition) is 0. The minimum absolute atomic E-state index is 1.06. The van der Waals surface area contributed by atoms with Crippen LogP contribution in [0, 0.1) is 0 Å². The maximum absolute atomic E-state index is 2.30. The van der Waals surface area contributed by atoms with Gasteiger partial charge in [0, 0.05) is 0 Å². The molecule has 1 aromatic carbocycles. The van der Waals surface area contributed by atoms with Crippen molar-refractivity contribution in [3.8, 4) is 0 Å². The molecule has 1 aromatic rings. The van der Waals surface area contributed by atoms with Crippen molar-refractivity contribution in [3.63, 3.8) is 0 Å². The quantitative estimate of drug-likeness (QED) is 0.385. The SMILES string of the molecule is CC=CCc1ccc(CCCCCCCC)cc1. The maximum Gasteiger partial charge on any atom is -0.00976 e. The topological polar surface area (TPSA) is 0 Å². The third kappa shape index (κ3) is 6.64. The summed E-state index contributed by atoms with van der Waals surface area (Å²) in [6, 6.07) is 9.13. The molecule has 0 aliphatic carbocycles. The van der Waals surface area contributed by atoms with Crippen LogP contribution < -0.4 is 0 Å². The van der Waals surface area contributed by atoms with Crippen LogP contribution in [0.25, 0.3) is 0 Å². The summed E-state index contributed by atoms with van der Waals surface area (Å²) in [5.41, 5.74) is 2.91. The highest BCUT2D eigenvalue weighted by Gasteiger charge is 1.95. The van der Waals surface area contributed by atoms with Gasteiger partial charge in [-0.25, -0.2) is 0 Å². The van der Waals surface area contributed by atoms with Crippen molar-refractivity contribution in [1.29, 1.82) is 0 Å². The molecule has 1 rings (SSSR count). The molecule has 0 radical (unpaired) electrons. The summed E-state index contributed by atoms with van der Waals surface area (Å²) >= 11 is 0. The molecule has 0 heterocycles. The van der Waals surface area contributed by atoms with Crippen LogP contribution in [0.5, 0.6) is 0 Å². The van der Waals surface area contributed by atoms with Crippen molar-refractivity contribution in [3.05, 3.63) is 47.5 Å². The van der Waals surface area contributed by atoms with E-state index in [0.717, 1.165) is 6.42 Å². The van der Waals surface area contributed by atoms with E-state index in [1.807, 2.05) is 0 Å². The van der Waals surface area contributed by atoms with E-state index in [-0.39, 0.29) is 0 Å². The first-order valence-corrected chi connectivity index (χ1v) is 7.55. The van der Waals surface area contributed by atoms with Gasteiger partial charge in [-0.05, 0) is 37.3 Å². The third-order valence-electron chi connectivity index (χ3n) is 3.43. The molecule has 0 saturated carbocycles. The normalized spacial score (nSPS) is 11.2. The lowest BCUT2D eigenvalue weighted by molar-refractivity contribution is 0.607. The van der Waals surface area contributed by atoms with Crippen LogP contribution in [0.4, 0.5) is 0 Å². The van der Waals surface area contributed by atoms with Gasteiger partial charge < -0.3 is 0 Å². The van der Waals surface area contributed by atoms with Crippen molar-refractivity contribution in [2.24, 2.45) is 0 Å². The molecule has 0 heteroatoms. The number of allylic oxidation sites excluding steroid dienone is 2. The first-order valence-electron chi connectivity index (χ1n) is 7.55. The van der Waals surface area contributed by atoms with Crippen LogP contribution in [0.1, 0.15) is 63.5 Å². The predicted molar refractivity (Wildman–Crippen MR) is 82.0 cm³/mol. The largest absolute Gasteiger partial charge is 0.0913 e. The fraction of sp³-hybridized carbons (Fsp3) is 0.556. The van der Waals surface area contributed by atoms with Gasteiger partial charge in [0.1, 0.15) is 0 Å². The van der Waals surface area contributed by atoms with Crippen molar-refractivity contribution in [2.75, 3.05) is 0 Å². The monoisotopic (exact) mass is 244 g/mol. The van der Waals surface area contributed by atoms with Gasteiger partial charge in [0.05, 0.1) is 0 Å². The van der Waals surface area contributed by atoms with E-state index in [4.69, 9.17) is 0 Å². The summed E-state index contributed by atoms with van der Waals surface area (Å²) in [4.78, 5) is 0. The van der Waals surface area contributed by atoms with E-state index >= 15 is 0 Å². The Balaban J connectivity index is 2.18. The van der Waals surface area contributed by atoms with Gasteiger partial charge in [0.15, 0.2) is 0 Å². The molecule has 100 valence electrons. The molecule has 0 nitrogen and oxygen atoms in total. The van der Waals surface area contributed by atoms with Crippen molar-refractivity contribution >= 4 is 0 Å². The van der Waals surface area contributed by atoms with E-state index in [1.165, 1.54) is 56.1 Å². The Morgan fingerprint density at radius 2 is 1.44 bits per heavy atom. The molecule has 0 N–H and O–H groups in total. The molecule has 0 unspecified atom stereocenters. The Labute approximate surface area is 113 Å². The molecular weight excluding hydrogens is 216 g/mol. The average Bonchev–Trinajstić information content (AvgIpc) is 2.42. The molecule has 0 aliphatic heterocycles. The molecule has 0 atom stereocenters. The van der Waals surface area contributed by atoms with Gasteiger partial charge in [0.2, 0.25) is 0 Å². The van der Waals surface area contributed by atoms with E-state index < -0.39 is 0 Å². The molecule has 0 spiro atoms. The highest BCUT2D eigenvalue weighted by atomic mass is 14.0. The number of aryl methyl sites for hydroxylation is 1. The minimum atomic E-state index is 1.06. The van der Waals surface area contributed by atoms with Crippen LogP contribution in [0.15, 0.2) is 36.4 Å². The fourth-order valence-corrected chi connectivity index (χ4v) is 2.21. The van der Waals surface area contributed by atoms with Gasteiger partial charge in [-0.1, -0.05) is 75.4 Å². The molecule has 0 amide bonds. The first kappa shape index (κ1) is 15.0. The van der Waals surface area contributed by atoms with E-state index in [0.29, 0.717) is 0 Å². The highest BCUT2D eigenvalue weighted by molar-refractivity contribution is 5.24. The maximum atomic E-state index is 2.30. The van der Waals surface area contributed by atoms with E-state index in [1.54, 1.807) is 0 Å². The minimum Gasteiger partial charge on any atom is -0.0913 e. The average molecular weight is 244 g/mol. The standard InChI is InChI=1S/C18H28/c1-3-5-7-8-9-10-12-18-15-13-17(14-16-18)11-6-4-2/h4,6,13-16H,3,5,7-12H2,1-2H3. The summed E-state index contributed by atoms with van der Waals surface area (Å²) in [7, 11) is 0. The van der Waals surface area contributed by atoms with Crippen LogP contribution in [0.2, 0.25) is 0 Å². The molecule has 0 aliphatic rings. The van der Waals surface area contributed by atoms with Gasteiger partial charge in [-0.3, -0.25) is 0 Å². The second-order valence-corrected chi connectivity index (χ2v) is 5.11. The third-order valence-corrected chi connectivity index (χ3v) is 3.43. The van der Waals surface area contributed by atoms with Crippen molar-refractivity contribution < 1.29 is 0 Å². The van der Waals surface area contributed by atoms with Crippen molar-refractivity contribution in [1.82, 2.24) is 0 Å². The van der Waals surface area contributed by atoms with Crippen LogP contribution in [0.3, 0.4) is 0 Å². The Bertz CT molecular complexity index is 318. The highest BCUT2D eigenvalue weighted by Crippen LogP contribution is 2.11. The van der Waals surface area contributed by atoms with Gasteiger partial charge in [0.25, 0.3) is 0 Å². The summed E-state index contributed by atoms with van der Waals surface area (Å²) in [5.74, 6) is 0. The first-order chi connectivity index (χ1) is 8.86. The predicted octanol–water partition coefficient (Wildman–Crippen LogP) is 5.71. The molecular formula is C18H28. The second-order valence-electron chi connectivity index (χ2n) is 5.11. The molecule has 0 saturated heterocycles. The lowest BCUT2D eigenvalue weighted by Gasteiger charge is -2.03. The zero-order chi connectivity index (χ0) is 13.1. The van der Waals surface area contributed by atoms with Crippen LogP contribution in [-0.2, 0) is 12.8 Å². The molecule has 18 heavy (non-hydrogen) atoms. The second kappa shape index (κ2) is 9.94. The smallest absolute Gasteiger partial charge is 0.00976 e. The zero-order valence-electron chi connectivity index (χ0n) is 12.1. The molecule has 0 bridgehead atoms. The lowest BCUT2D eigenvalue weighted by Crippen LogP contribution is -1.88. The van der Waals surface area contributed by atoms with Crippen LogP contribution >= 0.6 is 0 Å². The summed E-state index contributed by atoms with van der Waals surface area (Å²) in [5, 5.41) is 0. The lowest BCUT2D eigenvalue weighted by atomic mass is 10.0. The number of unbranched alkanes of at least 4 members (excludes halogenated alkanes) is 5. The van der Waals surface area contributed by atoms with Crippen LogP contribution in [-0.4, -0.2) is 0 Å². The zero-order valence-corrected chi connectivity index (χ0v) is 12.1. The van der Waals surface area contributed by atoms with Gasteiger partial charge in [-0.15, -0.1) is 0 Å². The Morgan fingerprint density at radius 1 is 0.833 bits per heavy atom. The van der Waals surface area contributed by atoms with E-state index in [9.17, 15) is 0 Å². The fourth-order valence-electron chi connectivity index (χ4n) is 2.21. The van der Waals surface area contributed by atoms with Crippen molar-refractivity contribution in [2.45, 2.75) is 65.2 Å². The summed E-state index contributed by atoms with van der Waals surface area (Å²) < 4.78 is 0. The van der Waals surface area contributed by atoms with Gasteiger partial charge in [-0.2, -0.15) is 0 Å². The number of benzene rings is 1. The number of hydrogen-bond acceptors (Lipinski definition) is 0. The Kier molecular flexibility index (Phi) is 8.29. The van der Waals surface area contributed by atoms with E-state index in [2.05, 4.69) is 50.3 Å². The Morgan fingerprint density at radius 3 is 2.11 bits per heavy atom. The van der Waals surface area contributed by atoms with Gasteiger partial charge >= 0.3 is 0 Å². The number of rotatable bonds is 9. The Hall–Kier alpha value is -1.04. The summed E-state index contributed by atoms with van der Waals surface area (Å²) in [6.45, 7) is 4.35. The molecule has 0 fully saturated rings.